The largest absolute Gasteiger partial charge is 0.489 e. The maximum Gasteiger partial charge on any atom is 0.231 e. The fourth-order valence-electron chi connectivity index (χ4n) is 3.98. The average molecular weight is 444 g/mol. The summed E-state index contributed by atoms with van der Waals surface area (Å²) in [6.07, 6.45) is 0.194. The monoisotopic (exact) mass is 444 g/mol. The minimum atomic E-state index is -0.388. The summed E-state index contributed by atoms with van der Waals surface area (Å²) in [5, 5.41) is 2.93. The van der Waals surface area contributed by atoms with Crippen molar-refractivity contribution >= 4 is 17.5 Å². The molecule has 2 amide bonds. The Morgan fingerprint density at radius 1 is 0.970 bits per heavy atom. The molecule has 7 nitrogen and oxygen atoms in total. The van der Waals surface area contributed by atoms with Gasteiger partial charge in [0.25, 0.3) is 0 Å². The van der Waals surface area contributed by atoms with Crippen LogP contribution in [0.2, 0.25) is 0 Å². The van der Waals surface area contributed by atoms with Gasteiger partial charge in [-0.3, -0.25) is 9.59 Å². The number of rotatable bonds is 7. The summed E-state index contributed by atoms with van der Waals surface area (Å²) in [6, 6.07) is 22.9. The Hall–Kier alpha value is -4.00. The van der Waals surface area contributed by atoms with Gasteiger partial charge < -0.3 is 24.4 Å². The summed E-state index contributed by atoms with van der Waals surface area (Å²) in [6.45, 7) is 1.42. The molecule has 3 aromatic carbocycles. The van der Waals surface area contributed by atoms with Crippen molar-refractivity contribution in [2.45, 2.75) is 19.6 Å². The fourth-order valence-corrected chi connectivity index (χ4v) is 3.98. The number of benzene rings is 3. The average Bonchev–Trinajstić information content (AvgIpc) is 3.48. The Morgan fingerprint density at radius 2 is 1.76 bits per heavy atom. The zero-order valence-electron chi connectivity index (χ0n) is 18.0. The normalized spacial score (nSPS) is 16.7. The van der Waals surface area contributed by atoms with Gasteiger partial charge in [0, 0.05) is 25.2 Å². The third-order valence-corrected chi connectivity index (χ3v) is 5.80. The van der Waals surface area contributed by atoms with E-state index < -0.39 is 0 Å². The molecule has 7 heteroatoms. The Labute approximate surface area is 191 Å². The summed E-state index contributed by atoms with van der Waals surface area (Å²) >= 11 is 0. The van der Waals surface area contributed by atoms with Crippen LogP contribution in [-0.4, -0.2) is 25.2 Å². The third-order valence-electron chi connectivity index (χ3n) is 5.80. The zero-order valence-corrected chi connectivity index (χ0v) is 18.0. The minimum absolute atomic E-state index is 0.0591. The van der Waals surface area contributed by atoms with Gasteiger partial charge in [0.2, 0.25) is 18.6 Å². The first-order valence-electron chi connectivity index (χ1n) is 10.9. The molecule has 1 N–H and O–H groups in total. The van der Waals surface area contributed by atoms with Crippen molar-refractivity contribution in [1.82, 2.24) is 5.32 Å². The molecule has 0 radical (unpaired) electrons. The predicted octanol–water partition coefficient (Wildman–Crippen LogP) is 3.66. The van der Waals surface area contributed by atoms with Crippen molar-refractivity contribution in [3.05, 3.63) is 83.9 Å². The SMILES string of the molecule is O=C(NCc1ccc2c(c1)OCO2)C1CC(=O)N(c2ccc(OCc3ccccc3)cc2)C1. The first-order chi connectivity index (χ1) is 16.2. The van der Waals surface area contributed by atoms with E-state index in [0.29, 0.717) is 31.2 Å². The van der Waals surface area contributed by atoms with Crippen LogP contribution in [0.4, 0.5) is 5.69 Å². The molecule has 3 aromatic rings. The van der Waals surface area contributed by atoms with Crippen LogP contribution in [0.5, 0.6) is 17.2 Å². The summed E-state index contributed by atoms with van der Waals surface area (Å²) in [7, 11) is 0. The molecular formula is C26H24N2O5. The van der Waals surface area contributed by atoms with Crippen LogP contribution in [0.15, 0.2) is 72.8 Å². The van der Waals surface area contributed by atoms with Gasteiger partial charge in [-0.05, 0) is 47.5 Å². The number of anilines is 1. The molecule has 2 aliphatic heterocycles. The van der Waals surface area contributed by atoms with Crippen molar-refractivity contribution in [2.75, 3.05) is 18.2 Å². The standard InChI is InChI=1S/C26H24N2O5/c29-25-13-20(26(30)27-14-19-6-11-23-24(12-19)33-17-32-23)15-28(25)21-7-9-22(10-8-21)31-16-18-4-2-1-3-5-18/h1-12,20H,13-17H2,(H,27,30). The molecule has 1 saturated heterocycles. The number of carbonyl (C=O) groups is 2. The van der Waals surface area contributed by atoms with E-state index in [4.69, 9.17) is 14.2 Å². The van der Waals surface area contributed by atoms with Crippen LogP contribution >= 0.6 is 0 Å². The molecule has 2 aliphatic rings. The van der Waals surface area contributed by atoms with E-state index in [0.717, 1.165) is 22.6 Å². The quantitative estimate of drug-likeness (QED) is 0.602. The van der Waals surface area contributed by atoms with Gasteiger partial charge in [0.15, 0.2) is 11.5 Å². The lowest BCUT2D eigenvalue weighted by Gasteiger charge is -2.17. The smallest absolute Gasteiger partial charge is 0.231 e. The van der Waals surface area contributed by atoms with Gasteiger partial charge in [-0.15, -0.1) is 0 Å². The minimum Gasteiger partial charge on any atom is -0.489 e. The molecule has 1 fully saturated rings. The molecule has 0 bridgehead atoms. The van der Waals surface area contributed by atoms with Crippen molar-refractivity contribution in [2.24, 2.45) is 5.92 Å². The van der Waals surface area contributed by atoms with E-state index in [1.165, 1.54) is 0 Å². The lowest BCUT2D eigenvalue weighted by molar-refractivity contribution is -0.126. The summed E-state index contributed by atoms with van der Waals surface area (Å²) in [5.41, 5.74) is 2.77. The number of amides is 2. The van der Waals surface area contributed by atoms with Crippen molar-refractivity contribution in [3.63, 3.8) is 0 Å². The highest BCUT2D eigenvalue weighted by Crippen LogP contribution is 2.32. The van der Waals surface area contributed by atoms with Crippen molar-refractivity contribution in [3.8, 4) is 17.2 Å². The summed E-state index contributed by atoms with van der Waals surface area (Å²) in [4.78, 5) is 26.9. The van der Waals surface area contributed by atoms with Gasteiger partial charge in [0.05, 0.1) is 5.92 Å². The molecule has 168 valence electrons. The Bertz CT molecular complexity index is 1150. The maximum absolute atomic E-state index is 12.7. The van der Waals surface area contributed by atoms with Gasteiger partial charge in [-0.2, -0.15) is 0 Å². The third kappa shape index (κ3) is 4.77. The Balaban J connectivity index is 1.15. The van der Waals surface area contributed by atoms with E-state index in [1.807, 2.05) is 72.8 Å². The number of hydrogen-bond acceptors (Lipinski definition) is 5. The second kappa shape index (κ2) is 9.24. The van der Waals surface area contributed by atoms with E-state index >= 15 is 0 Å². The highest BCUT2D eigenvalue weighted by Gasteiger charge is 2.35. The van der Waals surface area contributed by atoms with Crippen LogP contribution in [0.1, 0.15) is 17.5 Å². The number of fused-ring (bicyclic) bond motifs is 1. The van der Waals surface area contributed by atoms with Gasteiger partial charge in [-0.25, -0.2) is 0 Å². The van der Waals surface area contributed by atoms with Crippen LogP contribution in [0.3, 0.4) is 0 Å². The van der Waals surface area contributed by atoms with Crippen LogP contribution in [0.25, 0.3) is 0 Å². The van der Waals surface area contributed by atoms with E-state index in [-0.39, 0.29) is 30.9 Å². The van der Waals surface area contributed by atoms with Gasteiger partial charge >= 0.3 is 0 Å². The predicted molar refractivity (Wildman–Crippen MR) is 122 cm³/mol. The topological polar surface area (TPSA) is 77.1 Å². The molecule has 1 unspecified atom stereocenters. The van der Waals surface area contributed by atoms with E-state index in [1.54, 1.807) is 4.90 Å². The number of nitrogens with one attached hydrogen (secondary N) is 1. The van der Waals surface area contributed by atoms with Crippen LogP contribution < -0.4 is 24.4 Å². The summed E-state index contributed by atoms with van der Waals surface area (Å²) < 4.78 is 16.5. The molecule has 0 saturated carbocycles. The number of carbonyl (C=O) groups excluding carboxylic acids is 2. The molecule has 0 spiro atoms. The Kier molecular flexibility index (Phi) is 5.85. The number of nitrogens with zero attached hydrogens (tertiary/aromatic N) is 1. The van der Waals surface area contributed by atoms with Crippen molar-refractivity contribution in [1.29, 1.82) is 0 Å². The number of ether oxygens (including phenoxy) is 3. The van der Waals surface area contributed by atoms with Gasteiger partial charge in [0.1, 0.15) is 12.4 Å². The summed E-state index contributed by atoms with van der Waals surface area (Å²) in [5.74, 6) is 1.54. The second-order valence-electron chi connectivity index (χ2n) is 8.08. The first-order valence-corrected chi connectivity index (χ1v) is 10.9. The van der Waals surface area contributed by atoms with Gasteiger partial charge in [-0.1, -0.05) is 36.4 Å². The zero-order chi connectivity index (χ0) is 22.6. The molecule has 0 aliphatic carbocycles. The highest BCUT2D eigenvalue weighted by molar-refractivity contribution is 6.00. The second-order valence-corrected chi connectivity index (χ2v) is 8.08. The Morgan fingerprint density at radius 3 is 2.58 bits per heavy atom. The van der Waals surface area contributed by atoms with Crippen LogP contribution in [-0.2, 0) is 22.7 Å². The van der Waals surface area contributed by atoms with Crippen LogP contribution in [0, 0.1) is 5.92 Å². The highest BCUT2D eigenvalue weighted by atomic mass is 16.7. The lowest BCUT2D eigenvalue weighted by Crippen LogP contribution is -2.32. The van der Waals surface area contributed by atoms with E-state index in [2.05, 4.69) is 5.32 Å². The maximum atomic E-state index is 12.7. The first kappa shape index (κ1) is 20.9. The molecule has 1 atom stereocenters. The fraction of sp³-hybridized carbons (Fsp3) is 0.231. The van der Waals surface area contributed by atoms with Crippen molar-refractivity contribution < 1.29 is 23.8 Å². The number of hydrogen-bond donors (Lipinski definition) is 1. The molecule has 0 aromatic heterocycles. The molecule has 2 heterocycles. The lowest BCUT2D eigenvalue weighted by atomic mass is 10.1. The molecule has 5 rings (SSSR count). The van der Waals surface area contributed by atoms with E-state index in [9.17, 15) is 9.59 Å². The molecule has 33 heavy (non-hydrogen) atoms. The molecular weight excluding hydrogens is 420 g/mol.